The quantitative estimate of drug-likeness (QED) is 0.684. The maximum absolute atomic E-state index is 5.90. The van der Waals surface area contributed by atoms with Crippen molar-refractivity contribution in [1.29, 1.82) is 0 Å². The number of nitrogens with zero attached hydrogens (tertiary/aromatic N) is 1. The van der Waals surface area contributed by atoms with Crippen LogP contribution >= 0.6 is 0 Å². The Kier molecular flexibility index (Phi) is 2.20. The van der Waals surface area contributed by atoms with Gasteiger partial charge in [-0.3, -0.25) is 0 Å². The molecule has 15 heavy (non-hydrogen) atoms. The first kappa shape index (κ1) is 8.96. The number of rotatable bonds is 1. The molecule has 1 saturated carbocycles. The molecule has 0 radical (unpaired) electrons. The minimum absolute atomic E-state index is 0.356. The Morgan fingerprint density at radius 3 is 2.67 bits per heavy atom. The van der Waals surface area contributed by atoms with Crippen LogP contribution in [0.25, 0.3) is 0 Å². The first-order valence-corrected chi connectivity index (χ1v) is 5.73. The van der Waals surface area contributed by atoms with E-state index in [1.807, 2.05) is 18.2 Å². The Bertz CT molecular complexity index is 371. The molecule has 0 aromatic heterocycles. The van der Waals surface area contributed by atoms with Gasteiger partial charge in [-0.05, 0) is 31.4 Å². The van der Waals surface area contributed by atoms with Crippen LogP contribution < -0.4 is 0 Å². The maximum atomic E-state index is 5.90. The standard InChI is InChI=1S/C13H15NO/c1-2-6-10(7-3-1)13-14-11-8-4-5-9-12(11)15-13/h1-3,6-7,11-12H,4-5,8-9H2/t11-,12-/m0/s1. The largest absolute Gasteiger partial charge is 0.472 e. The van der Waals surface area contributed by atoms with E-state index in [4.69, 9.17) is 4.74 Å². The topological polar surface area (TPSA) is 21.6 Å². The molecule has 3 rings (SSSR count). The Balaban J connectivity index is 1.84. The van der Waals surface area contributed by atoms with Crippen LogP contribution in [-0.4, -0.2) is 18.0 Å². The van der Waals surface area contributed by atoms with Crippen LogP contribution in [0.4, 0.5) is 0 Å². The third-order valence-corrected chi connectivity index (χ3v) is 3.23. The Hall–Kier alpha value is -1.31. The van der Waals surface area contributed by atoms with Gasteiger partial charge in [-0.15, -0.1) is 0 Å². The van der Waals surface area contributed by atoms with E-state index in [-0.39, 0.29) is 0 Å². The van der Waals surface area contributed by atoms with Gasteiger partial charge in [0.1, 0.15) is 6.10 Å². The van der Waals surface area contributed by atoms with Crippen molar-refractivity contribution in [3.63, 3.8) is 0 Å². The van der Waals surface area contributed by atoms with Gasteiger partial charge in [0.15, 0.2) is 0 Å². The zero-order valence-electron chi connectivity index (χ0n) is 8.73. The Labute approximate surface area is 90.0 Å². The van der Waals surface area contributed by atoms with Crippen LogP contribution in [0, 0.1) is 0 Å². The predicted molar refractivity (Wildman–Crippen MR) is 60.1 cm³/mol. The third-order valence-electron chi connectivity index (χ3n) is 3.23. The van der Waals surface area contributed by atoms with E-state index in [0.717, 1.165) is 11.5 Å². The molecule has 2 heteroatoms. The lowest BCUT2D eigenvalue weighted by Gasteiger charge is -2.21. The highest BCUT2D eigenvalue weighted by Gasteiger charge is 2.33. The summed E-state index contributed by atoms with van der Waals surface area (Å²) < 4.78 is 5.90. The van der Waals surface area contributed by atoms with Gasteiger partial charge in [-0.1, -0.05) is 24.6 Å². The molecule has 0 N–H and O–H groups in total. The third kappa shape index (κ3) is 1.65. The molecule has 0 saturated heterocycles. The first-order chi connectivity index (χ1) is 7.43. The van der Waals surface area contributed by atoms with Gasteiger partial charge in [-0.2, -0.15) is 0 Å². The summed E-state index contributed by atoms with van der Waals surface area (Å²) in [6.45, 7) is 0. The number of ether oxygens (including phenoxy) is 1. The zero-order chi connectivity index (χ0) is 10.1. The molecule has 0 unspecified atom stereocenters. The number of hydrogen-bond acceptors (Lipinski definition) is 2. The highest BCUT2D eigenvalue weighted by Crippen LogP contribution is 2.29. The minimum atomic E-state index is 0.356. The highest BCUT2D eigenvalue weighted by atomic mass is 16.5. The van der Waals surface area contributed by atoms with E-state index in [0.29, 0.717) is 12.1 Å². The second-order valence-corrected chi connectivity index (χ2v) is 4.31. The number of benzene rings is 1. The zero-order valence-corrected chi connectivity index (χ0v) is 8.73. The predicted octanol–water partition coefficient (Wildman–Crippen LogP) is 2.77. The number of hydrogen-bond donors (Lipinski definition) is 0. The molecule has 2 atom stereocenters. The lowest BCUT2D eigenvalue weighted by Crippen LogP contribution is -2.26. The van der Waals surface area contributed by atoms with Crippen LogP contribution in [0.15, 0.2) is 35.3 Å². The van der Waals surface area contributed by atoms with Crippen molar-refractivity contribution in [1.82, 2.24) is 0 Å². The summed E-state index contributed by atoms with van der Waals surface area (Å²) in [7, 11) is 0. The van der Waals surface area contributed by atoms with Crippen molar-refractivity contribution in [3.05, 3.63) is 35.9 Å². The normalized spacial score (nSPS) is 29.2. The molecular weight excluding hydrogens is 186 g/mol. The van der Waals surface area contributed by atoms with Crippen molar-refractivity contribution in [2.75, 3.05) is 0 Å². The first-order valence-electron chi connectivity index (χ1n) is 5.73. The van der Waals surface area contributed by atoms with E-state index < -0.39 is 0 Å². The monoisotopic (exact) mass is 201 g/mol. The summed E-state index contributed by atoms with van der Waals surface area (Å²) in [4.78, 5) is 4.67. The lowest BCUT2D eigenvalue weighted by molar-refractivity contribution is 0.153. The van der Waals surface area contributed by atoms with Crippen LogP contribution in [0.3, 0.4) is 0 Å². The average molecular weight is 201 g/mol. The minimum Gasteiger partial charge on any atom is -0.472 e. The molecule has 2 aliphatic rings. The highest BCUT2D eigenvalue weighted by molar-refractivity contribution is 5.95. The van der Waals surface area contributed by atoms with Crippen LogP contribution in [-0.2, 0) is 4.74 Å². The van der Waals surface area contributed by atoms with Gasteiger partial charge in [0.25, 0.3) is 0 Å². The lowest BCUT2D eigenvalue weighted by atomic mass is 9.94. The molecule has 1 aromatic rings. The average Bonchev–Trinajstić information content (AvgIpc) is 2.74. The SMILES string of the molecule is c1ccc(C2=N[C@H]3CCCC[C@@H]3O2)cc1. The van der Waals surface area contributed by atoms with Crippen molar-refractivity contribution >= 4 is 5.90 Å². The molecule has 1 heterocycles. The van der Waals surface area contributed by atoms with Gasteiger partial charge in [0, 0.05) is 5.56 Å². The summed E-state index contributed by atoms with van der Waals surface area (Å²) in [5.41, 5.74) is 1.12. The maximum Gasteiger partial charge on any atom is 0.216 e. The van der Waals surface area contributed by atoms with Crippen LogP contribution in [0.1, 0.15) is 31.2 Å². The van der Waals surface area contributed by atoms with Crippen molar-refractivity contribution in [2.24, 2.45) is 4.99 Å². The summed E-state index contributed by atoms with van der Waals surface area (Å²) >= 11 is 0. The number of fused-ring (bicyclic) bond motifs is 1. The molecule has 2 nitrogen and oxygen atoms in total. The molecule has 1 fully saturated rings. The molecule has 0 spiro atoms. The Morgan fingerprint density at radius 2 is 1.87 bits per heavy atom. The van der Waals surface area contributed by atoms with Crippen molar-refractivity contribution < 1.29 is 4.74 Å². The van der Waals surface area contributed by atoms with Crippen LogP contribution in [0.5, 0.6) is 0 Å². The van der Waals surface area contributed by atoms with E-state index in [2.05, 4.69) is 17.1 Å². The van der Waals surface area contributed by atoms with Crippen LogP contribution in [0.2, 0.25) is 0 Å². The smallest absolute Gasteiger partial charge is 0.216 e. The molecule has 78 valence electrons. The van der Waals surface area contributed by atoms with E-state index in [1.165, 1.54) is 25.7 Å². The second kappa shape index (κ2) is 3.69. The fourth-order valence-corrected chi connectivity index (χ4v) is 2.41. The summed E-state index contributed by atoms with van der Waals surface area (Å²) in [6.07, 6.45) is 5.31. The second-order valence-electron chi connectivity index (χ2n) is 4.31. The van der Waals surface area contributed by atoms with Gasteiger partial charge >= 0.3 is 0 Å². The van der Waals surface area contributed by atoms with Gasteiger partial charge in [-0.25, -0.2) is 4.99 Å². The molecule has 0 amide bonds. The molecule has 0 bridgehead atoms. The van der Waals surface area contributed by atoms with Crippen molar-refractivity contribution in [2.45, 2.75) is 37.8 Å². The van der Waals surface area contributed by atoms with Gasteiger partial charge in [0.05, 0.1) is 6.04 Å². The summed E-state index contributed by atoms with van der Waals surface area (Å²) in [5, 5.41) is 0. The van der Waals surface area contributed by atoms with E-state index in [1.54, 1.807) is 0 Å². The van der Waals surface area contributed by atoms with E-state index >= 15 is 0 Å². The molecule has 1 aliphatic carbocycles. The van der Waals surface area contributed by atoms with E-state index in [9.17, 15) is 0 Å². The fourth-order valence-electron chi connectivity index (χ4n) is 2.41. The molecular formula is C13H15NO. The number of aliphatic imine (C=N–C) groups is 1. The van der Waals surface area contributed by atoms with Gasteiger partial charge in [0.2, 0.25) is 5.90 Å². The molecule has 1 aromatic carbocycles. The summed E-state index contributed by atoms with van der Waals surface area (Å²) in [5.74, 6) is 0.854. The summed E-state index contributed by atoms with van der Waals surface area (Å²) in [6, 6.07) is 10.6. The fraction of sp³-hybridized carbons (Fsp3) is 0.462. The Morgan fingerprint density at radius 1 is 1.07 bits per heavy atom. The van der Waals surface area contributed by atoms with Gasteiger partial charge < -0.3 is 4.74 Å². The molecule has 1 aliphatic heterocycles. The van der Waals surface area contributed by atoms with Crippen molar-refractivity contribution in [3.8, 4) is 0 Å².